The molecule has 0 radical (unpaired) electrons. The molecule has 25 heavy (non-hydrogen) atoms. The summed E-state index contributed by atoms with van der Waals surface area (Å²) in [6.45, 7) is 4.40. The standard InChI is InChI=1S/C13H20N3O6PS2/c1-13(2,6-3-7-14-11(12(17)18)23(21)22)25-24-10-5-4-9(8-15-10)16(19)20/h4-5,8,11,14,21-22H,3,6-7H2,1-2H3,(H,17,18). The van der Waals surface area contributed by atoms with Gasteiger partial charge in [-0.25, -0.2) is 9.78 Å². The number of rotatable bonds is 11. The van der Waals surface area contributed by atoms with E-state index in [0.717, 1.165) is 6.42 Å². The molecule has 0 aliphatic carbocycles. The number of nitrogens with zero attached hydrogens (tertiary/aromatic N) is 2. The molecule has 9 nitrogen and oxygen atoms in total. The molecule has 0 fully saturated rings. The Hall–Kier alpha value is -0.970. The second-order valence-corrected chi connectivity index (χ2v) is 9.67. The van der Waals surface area contributed by atoms with Crippen LogP contribution in [0.2, 0.25) is 0 Å². The number of nitrogens with one attached hydrogen (secondary N) is 1. The van der Waals surface area contributed by atoms with Crippen LogP contribution in [-0.2, 0) is 4.79 Å². The Labute approximate surface area is 154 Å². The minimum absolute atomic E-state index is 0.0552. The fraction of sp³-hybridized carbons (Fsp3) is 0.538. The zero-order chi connectivity index (χ0) is 19.0. The molecule has 140 valence electrons. The van der Waals surface area contributed by atoms with Gasteiger partial charge in [-0.1, -0.05) is 10.8 Å². The SMILES string of the molecule is CC(C)(CCCNC(C(=O)O)P(O)O)SSc1ccc([N+](=O)[O-])cn1. The Balaban J connectivity index is 2.38. The van der Waals surface area contributed by atoms with Gasteiger partial charge >= 0.3 is 5.97 Å². The van der Waals surface area contributed by atoms with Gasteiger partial charge in [0.1, 0.15) is 11.2 Å². The molecule has 1 aromatic rings. The van der Waals surface area contributed by atoms with Gasteiger partial charge in [-0.05, 0) is 50.1 Å². The summed E-state index contributed by atoms with van der Waals surface area (Å²) >= 11 is 0. The van der Waals surface area contributed by atoms with Crippen LogP contribution in [0, 0.1) is 10.1 Å². The number of carboxylic acids is 1. The van der Waals surface area contributed by atoms with E-state index in [1.54, 1.807) is 16.9 Å². The summed E-state index contributed by atoms with van der Waals surface area (Å²) in [5.74, 6) is -2.63. The molecule has 0 aliphatic heterocycles. The Morgan fingerprint density at radius 1 is 1.48 bits per heavy atom. The fourth-order valence-corrected chi connectivity index (χ4v) is 4.47. The van der Waals surface area contributed by atoms with Gasteiger partial charge in [0.2, 0.25) is 0 Å². The Morgan fingerprint density at radius 2 is 2.16 bits per heavy atom. The van der Waals surface area contributed by atoms with E-state index in [-0.39, 0.29) is 10.4 Å². The van der Waals surface area contributed by atoms with Gasteiger partial charge in [0.05, 0.1) is 4.92 Å². The average Bonchev–Trinajstić information content (AvgIpc) is 2.52. The summed E-state index contributed by atoms with van der Waals surface area (Å²) in [6, 6.07) is 3.00. The summed E-state index contributed by atoms with van der Waals surface area (Å²) < 4.78 is -0.141. The Kier molecular flexibility index (Phi) is 9.04. The molecule has 0 bridgehead atoms. The van der Waals surface area contributed by atoms with Gasteiger partial charge in [-0.3, -0.25) is 15.4 Å². The van der Waals surface area contributed by atoms with E-state index >= 15 is 0 Å². The predicted molar refractivity (Wildman–Crippen MR) is 98.4 cm³/mol. The molecule has 1 heterocycles. The first-order valence-electron chi connectivity index (χ1n) is 7.22. The highest BCUT2D eigenvalue weighted by Crippen LogP contribution is 2.42. The first-order chi connectivity index (χ1) is 11.6. The monoisotopic (exact) mass is 409 g/mol. The third kappa shape index (κ3) is 8.30. The lowest BCUT2D eigenvalue weighted by Crippen LogP contribution is -2.36. The summed E-state index contributed by atoms with van der Waals surface area (Å²) in [5, 5.41) is 22.7. The van der Waals surface area contributed by atoms with Crippen LogP contribution < -0.4 is 5.32 Å². The van der Waals surface area contributed by atoms with Gasteiger partial charge in [-0.15, -0.1) is 0 Å². The first kappa shape index (κ1) is 22.1. The summed E-state index contributed by atoms with van der Waals surface area (Å²) in [5.41, 5.74) is -0.0552. The number of nitro groups is 1. The number of hydrogen-bond donors (Lipinski definition) is 4. The molecule has 1 aromatic heterocycles. The van der Waals surface area contributed by atoms with Crippen LogP contribution in [0.4, 0.5) is 5.69 Å². The fourth-order valence-electron chi connectivity index (χ4n) is 1.75. The summed E-state index contributed by atoms with van der Waals surface area (Å²) in [7, 11) is 0.408. The molecule has 12 heteroatoms. The van der Waals surface area contributed by atoms with Crippen LogP contribution in [0.15, 0.2) is 23.4 Å². The van der Waals surface area contributed by atoms with E-state index in [1.165, 1.54) is 23.1 Å². The zero-order valence-corrected chi connectivity index (χ0v) is 16.2. The van der Waals surface area contributed by atoms with Crippen molar-refractivity contribution in [3.8, 4) is 0 Å². The number of hydrogen-bond acceptors (Lipinski definition) is 9. The highest BCUT2D eigenvalue weighted by Gasteiger charge is 2.25. The molecule has 4 N–H and O–H groups in total. The minimum atomic E-state index is -2.57. The van der Waals surface area contributed by atoms with E-state index in [0.29, 0.717) is 18.0 Å². The van der Waals surface area contributed by atoms with Crippen LogP contribution in [0.5, 0.6) is 0 Å². The first-order valence-corrected chi connectivity index (χ1v) is 10.7. The predicted octanol–water partition coefficient (Wildman–Crippen LogP) is 2.59. The topological polar surface area (TPSA) is 146 Å². The van der Waals surface area contributed by atoms with Crippen LogP contribution in [0.25, 0.3) is 0 Å². The number of pyridine rings is 1. The molecule has 1 unspecified atom stereocenters. The molecular formula is C13H20N3O6PS2. The van der Waals surface area contributed by atoms with Crippen molar-refractivity contribution >= 4 is 41.6 Å². The number of aliphatic carboxylic acids is 1. The smallest absolute Gasteiger partial charge is 0.330 e. The minimum Gasteiger partial charge on any atom is -0.480 e. The number of carboxylic acid groups (broad SMARTS) is 1. The van der Waals surface area contributed by atoms with Crippen LogP contribution in [-0.4, -0.2) is 47.8 Å². The van der Waals surface area contributed by atoms with Crippen molar-refractivity contribution in [2.75, 3.05) is 6.54 Å². The molecule has 0 aromatic carbocycles. The lowest BCUT2D eigenvalue weighted by Gasteiger charge is -2.23. The van der Waals surface area contributed by atoms with Crippen molar-refractivity contribution in [3.05, 3.63) is 28.4 Å². The van der Waals surface area contributed by atoms with Gasteiger partial charge in [-0.2, -0.15) is 0 Å². The maximum atomic E-state index is 10.8. The normalized spacial score (nSPS) is 13.0. The van der Waals surface area contributed by atoms with E-state index in [4.69, 9.17) is 14.9 Å². The van der Waals surface area contributed by atoms with Crippen LogP contribution in [0.3, 0.4) is 0 Å². The maximum absolute atomic E-state index is 10.8. The van der Waals surface area contributed by atoms with Gasteiger partial charge in [0.25, 0.3) is 5.69 Å². The molecule has 1 rings (SSSR count). The van der Waals surface area contributed by atoms with Crippen molar-refractivity contribution in [2.24, 2.45) is 0 Å². The second-order valence-electron chi connectivity index (χ2n) is 5.66. The van der Waals surface area contributed by atoms with Crippen LogP contribution in [0.1, 0.15) is 26.7 Å². The maximum Gasteiger partial charge on any atom is 0.330 e. The van der Waals surface area contributed by atoms with Crippen molar-refractivity contribution in [2.45, 2.75) is 42.2 Å². The lowest BCUT2D eigenvalue weighted by atomic mass is 10.1. The van der Waals surface area contributed by atoms with Crippen molar-refractivity contribution in [1.29, 1.82) is 0 Å². The number of aromatic nitrogens is 1. The van der Waals surface area contributed by atoms with Crippen molar-refractivity contribution < 1.29 is 24.6 Å². The molecule has 0 aliphatic rings. The van der Waals surface area contributed by atoms with Crippen molar-refractivity contribution in [1.82, 2.24) is 10.3 Å². The third-order valence-electron chi connectivity index (χ3n) is 3.04. The molecule has 1 atom stereocenters. The zero-order valence-electron chi connectivity index (χ0n) is 13.7. The third-order valence-corrected chi connectivity index (χ3v) is 7.17. The molecule has 0 amide bonds. The van der Waals surface area contributed by atoms with Gasteiger partial charge < -0.3 is 14.9 Å². The summed E-state index contributed by atoms with van der Waals surface area (Å²) in [4.78, 5) is 43.0. The summed E-state index contributed by atoms with van der Waals surface area (Å²) in [6.07, 6.45) is 2.63. The molecule has 0 spiro atoms. The molecule has 0 saturated carbocycles. The molecular weight excluding hydrogens is 389 g/mol. The highest BCUT2D eigenvalue weighted by atomic mass is 33.1. The Bertz CT molecular complexity index is 588. The molecule has 0 saturated heterocycles. The largest absolute Gasteiger partial charge is 0.480 e. The van der Waals surface area contributed by atoms with Gasteiger partial charge in [0, 0.05) is 10.8 Å². The number of carbonyl (C=O) groups is 1. The van der Waals surface area contributed by atoms with Gasteiger partial charge in [0.15, 0.2) is 14.2 Å². The van der Waals surface area contributed by atoms with E-state index < -0.39 is 25.1 Å². The van der Waals surface area contributed by atoms with E-state index in [9.17, 15) is 14.9 Å². The average molecular weight is 409 g/mol. The second kappa shape index (κ2) is 10.2. The quantitative estimate of drug-likeness (QED) is 0.141. The van der Waals surface area contributed by atoms with Crippen molar-refractivity contribution in [3.63, 3.8) is 0 Å². The highest BCUT2D eigenvalue weighted by molar-refractivity contribution is 8.77. The Morgan fingerprint density at radius 3 is 2.64 bits per heavy atom. The lowest BCUT2D eigenvalue weighted by molar-refractivity contribution is -0.385. The van der Waals surface area contributed by atoms with E-state index in [2.05, 4.69) is 10.3 Å². The van der Waals surface area contributed by atoms with E-state index in [1.807, 2.05) is 13.8 Å². The van der Waals surface area contributed by atoms with Crippen LogP contribution >= 0.6 is 30.0 Å².